The van der Waals surface area contributed by atoms with Crippen molar-refractivity contribution < 1.29 is 17.9 Å². The van der Waals surface area contributed by atoms with Gasteiger partial charge in [0, 0.05) is 34.7 Å². The molecular formula is C25H24Cl2N2O4S. The van der Waals surface area contributed by atoms with Crippen LogP contribution in [0.3, 0.4) is 0 Å². The number of sulfonamides is 1. The Balaban J connectivity index is 1.29. The van der Waals surface area contributed by atoms with Gasteiger partial charge in [0.2, 0.25) is 15.9 Å². The molecule has 0 saturated carbocycles. The molecule has 6 nitrogen and oxygen atoms in total. The van der Waals surface area contributed by atoms with Crippen LogP contribution in [0.5, 0.6) is 11.5 Å². The highest BCUT2D eigenvalue weighted by molar-refractivity contribution is 7.88. The molecule has 3 aromatic rings. The molecular weight excluding hydrogens is 495 g/mol. The van der Waals surface area contributed by atoms with E-state index in [1.54, 1.807) is 36.4 Å². The standard InChI is InChI=1S/C25H24Cl2N2O4S/c26-20-7-6-19(24(27)16-20)17-34(31,32)29-14-12-18(13-15-29)25(30)28-21-8-10-23(11-9-21)33-22-4-2-1-3-5-22/h1-11,16,18H,12-15,17H2,(H,28,30). The van der Waals surface area contributed by atoms with Crippen LogP contribution in [0, 0.1) is 5.92 Å². The van der Waals surface area contributed by atoms with E-state index in [0.29, 0.717) is 39.9 Å². The third-order valence-electron chi connectivity index (χ3n) is 5.67. The van der Waals surface area contributed by atoms with E-state index >= 15 is 0 Å². The molecule has 0 spiro atoms. The molecule has 0 unspecified atom stereocenters. The highest BCUT2D eigenvalue weighted by atomic mass is 35.5. The first-order valence-electron chi connectivity index (χ1n) is 10.9. The second-order valence-electron chi connectivity index (χ2n) is 8.09. The molecule has 1 amide bonds. The van der Waals surface area contributed by atoms with Gasteiger partial charge in [-0.1, -0.05) is 47.5 Å². The normalized spacial score (nSPS) is 15.1. The summed E-state index contributed by atoms with van der Waals surface area (Å²) in [5.41, 5.74) is 1.17. The summed E-state index contributed by atoms with van der Waals surface area (Å²) in [5.74, 6) is 0.834. The number of hydrogen-bond donors (Lipinski definition) is 1. The lowest BCUT2D eigenvalue weighted by Gasteiger charge is -2.30. The fourth-order valence-electron chi connectivity index (χ4n) is 3.80. The highest BCUT2D eigenvalue weighted by Gasteiger charge is 2.31. The number of hydrogen-bond acceptors (Lipinski definition) is 4. The number of ether oxygens (including phenoxy) is 1. The summed E-state index contributed by atoms with van der Waals surface area (Å²) in [4.78, 5) is 12.7. The van der Waals surface area contributed by atoms with Gasteiger partial charge in [0.15, 0.2) is 0 Å². The molecule has 9 heteroatoms. The lowest BCUT2D eigenvalue weighted by molar-refractivity contribution is -0.120. The zero-order valence-electron chi connectivity index (χ0n) is 18.3. The Labute approximate surface area is 209 Å². The van der Waals surface area contributed by atoms with Crippen molar-refractivity contribution in [3.8, 4) is 11.5 Å². The minimum absolute atomic E-state index is 0.116. The number of benzene rings is 3. The van der Waals surface area contributed by atoms with Crippen LogP contribution in [-0.2, 0) is 20.6 Å². The largest absolute Gasteiger partial charge is 0.457 e. The Morgan fingerprint density at radius 3 is 2.24 bits per heavy atom. The molecule has 1 aliphatic rings. The zero-order chi connectivity index (χ0) is 24.1. The van der Waals surface area contributed by atoms with Crippen LogP contribution in [0.15, 0.2) is 72.8 Å². The highest BCUT2D eigenvalue weighted by Crippen LogP contribution is 2.27. The third-order valence-corrected chi connectivity index (χ3v) is 8.09. The van der Waals surface area contributed by atoms with Crippen LogP contribution in [-0.4, -0.2) is 31.7 Å². The van der Waals surface area contributed by atoms with Gasteiger partial charge < -0.3 is 10.1 Å². The van der Waals surface area contributed by atoms with E-state index in [1.807, 2.05) is 30.3 Å². The fourth-order valence-corrected chi connectivity index (χ4v) is 5.95. The summed E-state index contributed by atoms with van der Waals surface area (Å²) in [5, 5.41) is 3.70. The molecule has 1 N–H and O–H groups in total. The molecule has 34 heavy (non-hydrogen) atoms. The third kappa shape index (κ3) is 6.30. The Hall–Kier alpha value is -2.58. The summed E-state index contributed by atoms with van der Waals surface area (Å²) in [6, 6.07) is 21.4. The number of piperidine rings is 1. The molecule has 4 rings (SSSR count). The predicted octanol–water partition coefficient (Wildman–Crippen LogP) is 5.97. The van der Waals surface area contributed by atoms with Crippen molar-refractivity contribution in [3.05, 3.63) is 88.4 Å². The summed E-state index contributed by atoms with van der Waals surface area (Å²) >= 11 is 12.0. The van der Waals surface area contributed by atoms with Crippen LogP contribution in [0.25, 0.3) is 0 Å². The van der Waals surface area contributed by atoms with Crippen molar-refractivity contribution in [2.45, 2.75) is 18.6 Å². The smallest absolute Gasteiger partial charge is 0.227 e. The molecule has 0 atom stereocenters. The molecule has 3 aromatic carbocycles. The second kappa shape index (κ2) is 10.8. The van der Waals surface area contributed by atoms with Crippen LogP contribution in [0.4, 0.5) is 5.69 Å². The fraction of sp³-hybridized carbons (Fsp3) is 0.240. The maximum atomic E-state index is 12.8. The molecule has 0 radical (unpaired) electrons. The SMILES string of the molecule is O=C(Nc1ccc(Oc2ccccc2)cc1)C1CCN(S(=O)(=O)Cc2ccc(Cl)cc2Cl)CC1. The molecule has 1 saturated heterocycles. The predicted molar refractivity (Wildman–Crippen MR) is 135 cm³/mol. The molecule has 1 heterocycles. The van der Waals surface area contributed by atoms with E-state index in [2.05, 4.69) is 5.32 Å². The topological polar surface area (TPSA) is 75.7 Å². The number of halogens is 2. The molecule has 0 aromatic heterocycles. The van der Waals surface area contributed by atoms with Crippen LogP contribution >= 0.6 is 23.2 Å². The minimum atomic E-state index is -3.55. The van der Waals surface area contributed by atoms with Gasteiger partial charge in [-0.25, -0.2) is 12.7 Å². The Morgan fingerprint density at radius 1 is 0.941 bits per heavy atom. The van der Waals surface area contributed by atoms with Gasteiger partial charge in [-0.2, -0.15) is 0 Å². The van der Waals surface area contributed by atoms with E-state index in [1.165, 1.54) is 10.4 Å². The van der Waals surface area contributed by atoms with Crippen LogP contribution < -0.4 is 10.1 Å². The van der Waals surface area contributed by atoms with Gasteiger partial charge in [-0.15, -0.1) is 0 Å². The first-order chi connectivity index (χ1) is 16.3. The van der Waals surface area contributed by atoms with Gasteiger partial charge in [-0.05, 0) is 66.9 Å². The van der Waals surface area contributed by atoms with Crippen molar-refractivity contribution in [2.24, 2.45) is 5.92 Å². The van der Waals surface area contributed by atoms with Crippen molar-refractivity contribution in [1.29, 1.82) is 0 Å². The maximum Gasteiger partial charge on any atom is 0.227 e. The Bertz CT molecular complexity index is 1240. The summed E-state index contributed by atoms with van der Waals surface area (Å²) in [6.45, 7) is 0.574. The molecule has 178 valence electrons. The lowest BCUT2D eigenvalue weighted by atomic mass is 9.97. The number of amides is 1. The Kier molecular flexibility index (Phi) is 7.78. The van der Waals surface area contributed by atoms with Gasteiger partial charge in [0.1, 0.15) is 11.5 Å². The number of nitrogens with one attached hydrogen (secondary N) is 1. The van der Waals surface area contributed by atoms with E-state index in [-0.39, 0.29) is 30.7 Å². The summed E-state index contributed by atoms with van der Waals surface area (Å²) in [7, 11) is -3.55. The number of carbonyl (C=O) groups excluding carboxylic acids is 1. The monoisotopic (exact) mass is 518 g/mol. The lowest BCUT2D eigenvalue weighted by Crippen LogP contribution is -2.41. The number of para-hydroxylation sites is 1. The van der Waals surface area contributed by atoms with Gasteiger partial charge in [0.05, 0.1) is 5.75 Å². The van der Waals surface area contributed by atoms with Crippen molar-refractivity contribution >= 4 is 44.8 Å². The first-order valence-corrected chi connectivity index (χ1v) is 13.2. The summed E-state index contributed by atoms with van der Waals surface area (Å²) in [6.07, 6.45) is 0.906. The maximum absolute atomic E-state index is 12.8. The van der Waals surface area contributed by atoms with Crippen molar-refractivity contribution in [3.63, 3.8) is 0 Å². The van der Waals surface area contributed by atoms with Gasteiger partial charge in [0.25, 0.3) is 0 Å². The average molecular weight is 519 g/mol. The van der Waals surface area contributed by atoms with E-state index < -0.39 is 10.0 Å². The van der Waals surface area contributed by atoms with Crippen molar-refractivity contribution in [1.82, 2.24) is 4.31 Å². The second-order valence-corrected chi connectivity index (χ2v) is 10.9. The molecule has 0 bridgehead atoms. The Morgan fingerprint density at radius 2 is 1.59 bits per heavy atom. The average Bonchev–Trinajstić information content (AvgIpc) is 2.83. The quantitative estimate of drug-likeness (QED) is 0.418. The number of nitrogens with zero attached hydrogens (tertiary/aromatic N) is 1. The van der Waals surface area contributed by atoms with Crippen LogP contribution in [0.1, 0.15) is 18.4 Å². The minimum Gasteiger partial charge on any atom is -0.457 e. The van der Waals surface area contributed by atoms with Gasteiger partial charge >= 0.3 is 0 Å². The van der Waals surface area contributed by atoms with E-state index in [9.17, 15) is 13.2 Å². The zero-order valence-corrected chi connectivity index (χ0v) is 20.6. The summed E-state index contributed by atoms with van der Waals surface area (Å²) < 4.78 is 32.9. The number of carbonyl (C=O) groups is 1. The van der Waals surface area contributed by atoms with E-state index in [4.69, 9.17) is 27.9 Å². The van der Waals surface area contributed by atoms with Gasteiger partial charge in [-0.3, -0.25) is 4.79 Å². The van der Waals surface area contributed by atoms with Crippen LogP contribution in [0.2, 0.25) is 10.0 Å². The number of rotatable bonds is 7. The first kappa shape index (κ1) is 24.5. The molecule has 1 fully saturated rings. The molecule has 1 aliphatic heterocycles. The van der Waals surface area contributed by atoms with Crippen molar-refractivity contribution in [2.75, 3.05) is 18.4 Å². The van der Waals surface area contributed by atoms with E-state index in [0.717, 1.165) is 5.75 Å². The molecule has 0 aliphatic carbocycles. The number of anilines is 1.